The number of benzene rings is 2. The Balaban J connectivity index is 1.66. The number of carboxylic acid groups (broad SMARTS) is 1. The zero-order valence-corrected chi connectivity index (χ0v) is 16.7. The van der Waals surface area contributed by atoms with E-state index in [9.17, 15) is 14.7 Å². The smallest absolute Gasteiger partial charge is 0.405 e. The standard InChI is InChI=1S/C23H22N4O4/c28-22(29)24-19(13-15-31-16-17-8-3-1-4-9-17)21-25-20-12-7-14-26(20)23(30)27(21)18-10-5-2-6-11-18/h1-12,14,19,24H,13,15-16H2,(H,28,29). The van der Waals surface area contributed by atoms with E-state index >= 15 is 0 Å². The number of amides is 1. The first kappa shape index (κ1) is 20.4. The molecule has 2 N–H and O–H groups in total. The minimum atomic E-state index is -1.20. The molecular formula is C23H22N4O4. The van der Waals surface area contributed by atoms with Gasteiger partial charge in [-0.25, -0.2) is 19.1 Å². The van der Waals surface area contributed by atoms with Gasteiger partial charge in [-0.2, -0.15) is 0 Å². The van der Waals surface area contributed by atoms with Crippen LogP contribution in [0.2, 0.25) is 0 Å². The quantitative estimate of drug-likeness (QED) is 0.428. The molecule has 1 unspecified atom stereocenters. The maximum Gasteiger partial charge on any atom is 0.405 e. The van der Waals surface area contributed by atoms with Crippen LogP contribution in [0.3, 0.4) is 0 Å². The van der Waals surface area contributed by atoms with Crippen molar-refractivity contribution in [2.24, 2.45) is 0 Å². The van der Waals surface area contributed by atoms with Crippen LogP contribution in [0.1, 0.15) is 23.9 Å². The second-order valence-corrected chi connectivity index (χ2v) is 6.99. The summed E-state index contributed by atoms with van der Waals surface area (Å²) in [4.78, 5) is 29.3. The van der Waals surface area contributed by atoms with Gasteiger partial charge < -0.3 is 15.2 Å². The SMILES string of the molecule is O=C(O)NC(CCOCc1ccccc1)c1nc2cccn2c(=O)n1-c1ccccc1. The molecule has 8 heteroatoms. The predicted octanol–water partition coefficient (Wildman–Crippen LogP) is 3.40. The van der Waals surface area contributed by atoms with Crippen LogP contribution in [-0.2, 0) is 11.3 Å². The Hall–Kier alpha value is -3.91. The van der Waals surface area contributed by atoms with Crippen molar-refractivity contribution in [1.82, 2.24) is 19.3 Å². The number of fused-ring (bicyclic) bond motifs is 1. The van der Waals surface area contributed by atoms with Gasteiger partial charge in [-0.1, -0.05) is 48.5 Å². The van der Waals surface area contributed by atoms with E-state index in [0.717, 1.165) is 5.56 Å². The minimum absolute atomic E-state index is 0.288. The van der Waals surface area contributed by atoms with Crippen LogP contribution in [-0.4, -0.2) is 31.8 Å². The first-order chi connectivity index (χ1) is 15.1. The lowest BCUT2D eigenvalue weighted by Gasteiger charge is -2.21. The van der Waals surface area contributed by atoms with Crippen LogP contribution in [0.5, 0.6) is 0 Å². The lowest BCUT2D eigenvalue weighted by atomic mass is 10.2. The van der Waals surface area contributed by atoms with Crippen molar-refractivity contribution in [3.05, 3.63) is 101 Å². The number of aromatic nitrogens is 3. The van der Waals surface area contributed by atoms with Gasteiger partial charge in [0.25, 0.3) is 0 Å². The molecule has 4 rings (SSSR count). The molecule has 2 heterocycles. The first-order valence-corrected chi connectivity index (χ1v) is 9.90. The maximum absolute atomic E-state index is 13.2. The molecule has 0 fully saturated rings. The van der Waals surface area contributed by atoms with Crippen LogP contribution in [0.15, 0.2) is 83.8 Å². The van der Waals surface area contributed by atoms with Gasteiger partial charge in [-0.05, 0) is 36.2 Å². The average molecular weight is 418 g/mol. The number of para-hydroxylation sites is 1. The largest absolute Gasteiger partial charge is 0.465 e. The predicted molar refractivity (Wildman–Crippen MR) is 115 cm³/mol. The second kappa shape index (κ2) is 9.27. The van der Waals surface area contributed by atoms with Gasteiger partial charge in [0.1, 0.15) is 11.5 Å². The monoisotopic (exact) mass is 418 g/mol. The number of carbonyl (C=O) groups is 1. The molecule has 0 aliphatic rings. The third kappa shape index (κ3) is 4.65. The summed E-state index contributed by atoms with van der Waals surface area (Å²) in [6.45, 7) is 0.702. The molecule has 0 aliphatic carbocycles. The van der Waals surface area contributed by atoms with Crippen LogP contribution in [0, 0.1) is 0 Å². The first-order valence-electron chi connectivity index (χ1n) is 9.90. The van der Waals surface area contributed by atoms with E-state index in [1.54, 1.807) is 30.5 Å². The van der Waals surface area contributed by atoms with Crippen molar-refractivity contribution >= 4 is 11.7 Å². The van der Waals surface area contributed by atoms with Crippen LogP contribution >= 0.6 is 0 Å². The third-order valence-electron chi connectivity index (χ3n) is 4.87. The summed E-state index contributed by atoms with van der Waals surface area (Å²) in [7, 11) is 0. The summed E-state index contributed by atoms with van der Waals surface area (Å²) in [6, 6.07) is 21.5. The highest BCUT2D eigenvalue weighted by molar-refractivity contribution is 5.65. The highest BCUT2D eigenvalue weighted by Crippen LogP contribution is 2.19. The fraction of sp³-hybridized carbons (Fsp3) is 0.174. The van der Waals surface area contributed by atoms with Gasteiger partial charge in [-0.3, -0.25) is 4.40 Å². The van der Waals surface area contributed by atoms with E-state index in [-0.39, 0.29) is 12.3 Å². The van der Waals surface area contributed by atoms with Crippen molar-refractivity contribution in [1.29, 1.82) is 0 Å². The van der Waals surface area contributed by atoms with Gasteiger partial charge in [0.05, 0.1) is 18.3 Å². The van der Waals surface area contributed by atoms with E-state index in [2.05, 4.69) is 10.3 Å². The number of ether oxygens (including phenoxy) is 1. The zero-order valence-electron chi connectivity index (χ0n) is 16.7. The summed E-state index contributed by atoms with van der Waals surface area (Å²) in [5.41, 5.74) is 1.76. The summed E-state index contributed by atoms with van der Waals surface area (Å²) in [5, 5.41) is 11.9. The van der Waals surface area contributed by atoms with Gasteiger partial charge in [0.2, 0.25) is 0 Å². The molecular weight excluding hydrogens is 396 g/mol. The Morgan fingerprint density at radius 3 is 2.45 bits per heavy atom. The van der Waals surface area contributed by atoms with Crippen molar-refractivity contribution < 1.29 is 14.6 Å². The number of rotatable bonds is 8. The van der Waals surface area contributed by atoms with Crippen molar-refractivity contribution in [2.75, 3.05) is 6.61 Å². The molecule has 0 bridgehead atoms. The van der Waals surface area contributed by atoms with E-state index in [1.807, 2.05) is 48.5 Å². The van der Waals surface area contributed by atoms with Crippen LogP contribution < -0.4 is 11.0 Å². The second-order valence-electron chi connectivity index (χ2n) is 6.99. The molecule has 0 saturated carbocycles. The Morgan fingerprint density at radius 1 is 1.03 bits per heavy atom. The number of nitrogens with one attached hydrogen (secondary N) is 1. The molecule has 2 aromatic carbocycles. The molecule has 0 spiro atoms. The fourth-order valence-corrected chi connectivity index (χ4v) is 3.43. The van der Waals surface area contributed by atoms with E-state index in [0.29, 0.717) is 30.2 Å². The lowest BCUT2D eigenvalue weighted by molar-refractivity contribution is 0.109. The highest BCUT2D eigenvalue weighted by Gasteiger charge is 2.23. The number of nitrogens with zero attached hydrogens (tertiary/aromatic N) is 3. The Bertz CT molecular complexity index is 1220. The summed E-state index contributed by atoms with van der Waals surface area (Å²) < 4.78 is 8.61. The molecule has 1 atom stereocenters. The minimum Gasteiger partial charge on any atom is -0.465 e. The van der Waals surface area contributed by atoms with E-state index in [1.165, 1.54) is 8.97 Å². The molecule has 158 valence electrons. The van der Waals surface area contributed by atoms with Crippen LogP contribution in [0.4, 0.5) is 4.79 Å². The molecule has 8 nitrogen and oxygen atoms in total. The Kier molecular flexibility index (Phi) is 6.09. The number of hydrogen-bond acceptors (Lipinski definition) is 4. The Morgan fingerprint density at radius 2 is 1.74 bits per heavy atom. The summed E-state index contributed by atoms with van der Waals surface area (Å²) in [5.74, 6) is 0.313. The molecule has 0 saturated heterocycles. The molecule has 0 aliphatic heterocycles. The maximum atomic E-state index is 13.2. The van der Waals surface area contributed by atoms with Crippen LogP contribution in [0.25, 0.3) is 11.3 Å². The molecule has 2 aromatic heterocycles. The fourth-order valence-electron chi connectivity index (χ4n) is 3.43. The van der Waals surface area contributed by atoms with Gasteiger partial charge in [0.15, 0.2) is 0 Å². The van der Waals surface area contributed by atoms with Gasteiger partial charge in [0, 0.05) is 12.8 Å². The lowest BCUT2D eigenvalue weighted by Crippen LogP contribution is -2.36. The molecule has 4 aromatic rings. The summed E-state index contributed by atoms with van der Waals surface area (Å²) >= 11 is 0. The van der Waals surface area contributed by atoms with Crippen molar-refractivity contribution in [2.45, 2.75) is 19.1 Å². The number of hydrogen-bond donors (Lipinski definition) is 2. The topological polar surface area (TPSA) is 97.9 Å². The normalized spacial score (nSPS) is 12.0. The molecule has 1 amide bonds. The zero-order chi connectivity index (χ0) is 21.6. The van der Waals surface area contributed by atoms with E-state index in [4.69, 9.17) is 4.74 Å². The summed E-state index contributed by atoms with van der Waals surface area (Å²) in [6.07, 6.45) is 0.753. The van der Waals surface area contributed by atoms with Gasteiger partial charge in [-0.15, -0.1) is 0 Å². The van der Waals surface area contributed by atoms with Crippen molar-refractivity contribution in [3.8, 4) is 5.69 Å². The third-order valence-corrected chi connectivity index (χ3v) is 4.87. The highest BCUT2D eigenvalue weighted by atomic mass is 16.5. The van der Waals surface area contributed by atoms with Crippen molar-refractivity contribution in [3.63, 3.8) is 0 Å². The van der Waals surface area contributed by atoms with E-state index < -0.39 is 12.1 Å². The molecule has 31 heavy (non-hydrogen) atoms. The average Bonchev–Trinajstić information content (AvgIpc) is 3.26. The Labute approximate surface area is 178 Å². The molecule has 0 radical (unpaired) electrons. The van der Waals surface area contributed by atoms with Gasteiger partial charge >= 0.3 is 11.8 Å².